The number of nitrogens with two attached hydrogens (primary N) is 1. The van der Waals surface area contributed by atoms with Gasteiger partial charge >= 0.3 is 5.97 Å². The molecule has 2 aromatic rings. The van der Waals surface area contributed by atoms with E-state index in [2.05, 4.69) is 9.72 Å². The number of esters is 1. The molecule has 92 valence electrons. The van der Waals surface area contributed by atoms with Crippen molar-refractivity contribution in [2.45, 2.75) is 0 Å². The third-order valence-electron chi connectivity index (χ3n) is 2.49. The Hall–Kier alpha value is -2.07. The van der Waals surface area contributed by atoms with Gasteiger partial charge in [-0.3, -0.25) is 0 Å². The normalized spacial score (nSPS) is 10.1. The minimum Gasteiger partial charge on any atom is -0.465 e. The zero-order chi connectivity index (χ0) is 13.1. The van der Waals surface area contributed by atoms with Crippen LogP contribution in [-0.2, 0) is 4.74 Å². The molecular formula is C13H11ClN2O2. The SMILES string of the molecule is COC(=O)c1cc(-c2ccc(N)nc2)ccc1Cl. The molecular weight excluding hydrogens is 252 g/mol. The lowest BCUT2D eigenvalue weighted by atomic mass is 10.0. The number of nitrogen functional groups attached to an aromatic ring is 1. The zero-order valence-corrected chi connectivity index (χ0v) is 10.4. The number of pyridine rings is 1. The van der Waals surface area contributed by atoms with E-state index in [-0.39, 0.29) is 0 Å². The molecule has 0 saturated heterocycles. The fourth-order valence-electron chi connectivity index (χ4n) is 1.55. The van der Waals surface area contributed by atoms with Crippen LogP contribution in [0.2, 0.25) is 5.02 Å². The highest BCUT2D eigenvalue weighted by Crippen LogP contribution is 2.25. The number of aromatic nitrogens is 1. The van der Waals surface area contributed by atoms with Crippen LogP contribution in [0.15, 0.2) is 36.5 Å². The molecule has 1 aromatic carbocycles. The minimum absolute atomic E-state index is 0.327. The van der Waals surface area contributed by atoms with Gasteiger partial charge in [0.05, 0.1) is 17.7 Å². The Bertz CT molecular complexity index is 582. The number of nitrogens with zero attached hydrogens (tertiary/aromatic N) is 1. The lowest BCUT2D eigenvalue weighted by Gasteiger charge is -2.06. The molecule has 5 heteroatoms. The molecule has 0 fully saturated rings. The Morgan fingerprint density at radius 2 is 2.00 bits per heavy atom. The fourth-order valence-corrected chi connectivity index (χ4v) is 1.74. The van der Waals surface area contributed by atoms with E-state index in [0.717, 1.165) is 11.1 Å². The van der Waals surface area contributed by atoms with Crippen molar-refractivity contribution in [2.75, 3.05) is 12.8 Å². The van der Waals surface area contributed by atoms with Gasteiger partial charge < -0.3 is 10.5 Å². The van der Waals surface area contributed by atoms with Crippen molar-refractivity contribution in [1.82, 2.24) is 4.98 Å². The average molecular weight is 263 g/mol. The molecule has 0 saturated carbocycles. The first-order chi connectivity index (χ1) is 8.61. The van der Waals surface area contributed by atoms with Crippen molar-refractivity contribution in [3.05, 3.63) is 47.1 Å². The Morgan fingerprint density at radius 3 is 2.61 bits per heavy atom. The first kappa shape index (κ1) is 12.4. The van der Waals surface area contributed by atoms with Gasteiger partial charge in [-0.15, -0.1) is 0 Å². The largest absolute Gasteiger partial charge is 0.465 e. The van der Waals surface area contributed by atoms with Crippen LogP contribution in [0, 0.1) is 0 Å². The van der Waals surface area contributed by atoms with Crippen LogP contribution in [0.4, 0.5) is 5.82 Å². The predicted octanol–water partition coefficient (Wildman–Crippen LogP) is 2.77. The number of rotatable bonds is 2. The molecule has 0 unspecified atom stereocenters. The predicted molar refractivity (Wildman–Crippen MR) is 70.4 cm³/mol. The molecule has 0 bridgehead atoms. The first-order valence-electron chi connectivity index (χ1n) is 5.21. The maximum Gasteiger partial charge on any atom is 0.339 e. The van der Waals surface area contributed by atoms with E-state index in [9.17, 15) is 4.79 Å². The highest BCUT2D eigenvalue weighted by atomic mass is 35.5. The summed E-state index contributed by atoms with van der Waals surface area (Å²) in [7, 11) is 1.32. The van der Waals surface area contributed by atoms with Gasteiger partial charge in [0.1, 0.15) is 5.82 Å². The molecule has 2 rings (SSSR count). The Labute approximate surface area is 109 Å². The van der Waals surface area contributed by atoms with Crippen molar-refractivity contribution in [3.63, 3.8) is 0 Å². The van der Waals surface area contributed by atoms with Crippen LogP contribution in [0.3, 0.4) is 0 Å². The van der Waals surface area contributed by atoms with Crippen molar-refractivity contribution in [2.24, 2.45) is 0 Å². The maximum absolute atomic E-state index is 11.5. The van der Waals surface area contributed by atoms with Crippen LogP contribution >= 0.6 is 11.6 Å². The highest BCUT2D eigenvalue weighted by molar-refractivity contribution is 6.33. The lowest BCUT2D eigenvalue weighted by molar-refractivity contribution is 0.0601. The third kappa shape index (κ3) is 2.43. The van der Waals surface area contributed by atoms with Crippen molar-refractivity contribution in [3.8, 4) is 11.1 Å². The molecule has 18 heavy (non-hydrogen) atoms. The van der Waals surface area contributed by atoms with Crippen LogP contribution in [0.25, 0.3) is 11.1 Å². The summed E-state index contributed by atoms with van der Waals surface area (Å²) < 4.78 is 4.67. The monoisotopic (exact) mass is 262 g/mol. The van der Waals surface area contributed by atoms with Crippen molar-refractivity contribution < 1.29 is 9.53 Å². The van der Waals surface area contributed by atoms with E-state index in [1.807, 2.05) is 12.1 Å². The van der Waals surface area contributed by atoms with E-state index >= 15 is 0 Å². The van der Waals surface area contributed by atoms with Crippen LogP contribution in [0.5, 0.6) is 0 Å². The van der Waals surface area contributed by atoms with Crippen LogP contribution in [0.1, 0.15) is 10.4 Å². The Morgan fingerprint density at radius 1 is 1.28 bits per heavy atom. The van der Waals surface area contributed by atoms with Gasteiger partial charge in [-0.2, -0.15) is 0 Å². The number of carbonyl (C=O) groups excluding carboxylic acids is 1. The van der Waals surface area contributed by atoms with Gasteiger partial charge in [-0.25, -0.2) is 9.78 Å². The second-order valence-electron chi connectivity index (χ2n) is 3.66. The average Bonchev–Trinajstić information content (AvgIpc) is 2.39. The number of carbonyl (C=O) groups is 1. The van der Waals surface area contributed by atoms with Gasteiger partial charge in [-0.1, -0.05) is 17.7 Å². The van der Waals surface area contributed by atoms with Gasteiger partial charge in [-0.05, 0) is 29.8 Å². The standard InChI is InChI=1S/C13H11ClN2O2/c1-18-13(17)10-6-8(2-4-11(10)14)9-3-5-12(15)16-7-9/h2-7H,1H3,(H2,15,16). The molecule has 0 radical (unpaired) electrons. The quantitative estimate of drug-likeness (QED) is 0.845. The van der Waals surface area contributed by atoms with Gasteiger partial charge in [0.2, 0.25) is 0 Å². The lowest BCUT2D eigenvalue weighted by Crippen LogP contribution is -2.02. The third-order valence-corrected chi connectivity index (χ3v) is 2.82. The van der Waals surface area contributed by atoms with E-state index in [1.165, 1.54) is 7.11 Å². The van der Waals surface area contributed by atoms with Gasteiger partial charge in [0, 0.05) is 11.8 Å². The van der Waals surface area contributed by atoms with Gasteiger partial charge in [0.15, 0.2) is 0 Å². The summed E-state index contributed by atoms with van der Waals surface area (Å²) in [5.74, 6) is -0.0221. The number of ether oxygens (including phenoxy) is 1. The minimum atomic E-state index is -0.467. The van der Waals surface area contributed by atoms with Crippen molar-refractivity contribution in [1.29, 1.82) is 0 Å². The molecule has 4 nitrogen and oxygen atoms in total. The Balaban J connectivity index is 2.46. The number of halogens is 1. The molecule has 0 atom stereocenters. The summed E-state index contributed by atoms with van der Waals surface area (Å²) >= 11 is 5.95. The molecule has 0 aliphatic carbocycles. The van der Waals surface area contributed by atoms with Gasteiger partial charge in [0.25, 0.3) is 0 Å². The topological polar surface area (TPSA) is 65.2 Å². The molecule has 0 amide bonds. The number of hydrogen-bond acceptors (Lipinski definition) is 4. The summed E-state index contributed by atoms with van der Waals surface area (Å²) in [6, 6.07) is 8.65. The Kier molecular flexibility index (Phi) is 3.48. The van der Waals surface area contributed by atoms with E-state index in [4.69, 9.17) is 17.3 Å². The van der Waals surface area contributed by atoms with Crippen LogP contribution < -0.4 is 5.73 Å². The second kappa shape index (κ2) is 5.06. The number of anilines is 1. The second-order valence-corrected chi connectivity index (χ2v) is 4.07. The van der Waals surface area contributed by atoms with Crippen molar-refractivity contribution >= 4 is 23.4 Å². The van der Waals surface area contributed by atoms with Crippen LogP contribution in [-0.4, -0.2) is 18.1 Å². The maximum atomic E-state index is 11.5. The molecule has 0 aliphatic rings. The number of hydrogen-bond donors (Lipinski definition) is 1. The summed E-state index contributed by atoms with van der Waals surface area (Å²) in [6.07, 6.45) is 1.64. The first-order valence-corrected chi connectivity index (χ1v) is 5.59. The van der Waals surface area contributed by atoms with E-state index < -0.39 is 5.97 Å². The zero-order valence-electron chi connectivity index (χ0n) is 9.68. The summed E-state index contributed by atoms with van der Waals surface area (Å²) in [5, 5.41) is 0.356. The number of benzene rings is 1. The molecule has 2 N–H and O–H groups in total. The fraction of sp³-hybridized carbons (Fsp3) is 0.0769. The van der Waals surface area contributed by atoms with E-state index in [0.29, 0.717) is 16.4 Å². The summed E-state index contributed by atoms with van der Waals surface area (Å²) in [5.41, 5.74) is 7.53. The molecule has 0 spiro atoms. The molecule has 1 aromatic heterocycles. The molecule has 0 aliphatic heterocycles. The highest BCUT2D eigenvalue weighted by Gasteiger charge is 2.12. The molecule has 1 heterocycles. The summed E-state index contributed by atoms with van der Waals surface area (Å²) in [6.45, 7) is 0. The van der Waals surface area contributed by atoms with E-state index in [1.54, 1.807) is 24.4 Å². The smallest absolute Gasteiger partial charge is 0.339 e. The number of methoxy groups -OCH3 is 1. The summed E-state index contributed by atoms with van der Waals surface area (Å²) in [4.78, 5) is 15.5.